The SMILES string of the molecule is O=C(CSc1nnnn1-c1ccccc1)Nc1ccc(N2CCCCCC2)cc1. The van der Waals surface area contributed by atoms with Gasteiger partial charge in [-0.1, -0.05) is 42.8 Å². The van der Waals surface area contributed by atoms with E-state index >= 15 is 0 Å². The van der Waals surface area contributed by atoms with Gasteiger partial charge in [0.15, 0.2) is 0 Å². The van der Waals surface area contributed by atoms with E-state index in [1.54, 1.807) is 4.68 Å². The second-order valence-corrected chi connectivity index (χ2v) is 7.94. The van der Waals surface area contributed by atoms with Crippen molar-refractivity contribution in [1.82, 2.24) is 20.2 Å². The molecular weight excluding hydrogens is 384 g/mol. The summed E-state index contributed by atoms with van der Waals surface area (Å²) in [7, 11) is 0. The summed E-state index contributed by atoms with van der Waals surface area (Å²) in [6.07, 6.45) is 5.13. The van der Waals surface area contributed by atoms with Gasteiger partial charge in [0, 0.05) is 24.5 Å². The van der Waals surface area contributed by atoms with Gasteiger partial charge in [0.2, 0.25) is 11.1 Å². The topological polar surface area (TPSA) is 75.9 Å². The lowest BCUT2D eigenvalue weighted by atomic mass is 10.2. The first kappa shape index (κ1) is 19.4. The zero-order chi connectivity index (χ0) is 19.9. The molecule has 150 valence electrons. The molecule has 0 bridgehead atoms. The first-order chi connectivity index (χ1) is 14.3. The summed E-state index contributed by atoms with van der Waals surface area (Å²) in [5.41, 5.74) is 2.89. The third kappa shape index (κ3) is 5.14. The Labute approximate surface area is 174 Å². The van der Waals surface area contributed by atoms with Gasteiger partial charge in [-0.15, -0.1) is 5.10 Å². The van der Waals surface area contributed by atoms with Crippen LogP contribution in [0.5, 0.6) is 0 Å². The lowest BCUT2D eigenvalue weighted by Gasteiger charge is -2.22. The molecule has 29 heavy (non-hydrogen) atoms. The van der Waals surface area contributed by atoms with Gasteiger partial charge in [-0.05, 0) is 59.7 Å². The zero-order valence-electron chi connectivity index (χ0n) is 16.2. The Kier molecular flexibility index (Phi) is 6.41. The molecule has 0 aliphatic carbocycles. The van der Waals surface area contributed by atoms with E-state index in [9.17, 15) is 4.79 Å². The van der Waals surface area contributed by atoms with Gasteiger partial charge in [0.1, 0.15) is 0 Å². The normalized spacial score (nSPS) is 14.4. The van der Waals surface area contributed by atoms with E-state index in [4.69, 9.17) is 0 Å². The minimum atomic E-state index is -0.0832. The van der Waals surface area contributed by atoms with Crippen LogP contribution >= 0.6 is 11.8 Å². The molecule has 0 saturated carbocycles. The van der Waals surface area contributed by atoms with Crippen LogP contribution in [0.15, 0.2) is 59.8 Å². The van der Waals surface area contributed by atoms with Crippen molar-refractivity contribution in [2.75, 3.05) is 29.1 Å². The molecule has 1 aromatic heterocycles. The number of carbonyl (C=O) groups is 1. The number of aromatic nitrogens is 4. The van der Waals surface area contributed by atoms with Crippen LogP contribution in [0.2, 0.25) is 0 Å². The van der Waals surface area contributed by atoms with Crippen LogP contribution in [0, 0.1) is 0 Å². The highest BCUT2D eigenvalue weighted by atomic mass is 32.2. The predicted molar refractivity (Wildman–Crippen MR) is 116 cm³/mol. The fraction of sp³-hybridized carbons (Fsp3) is 0.333. The predicted octanol–water partition coefficient (Wildman–Crippen LogP) is 3.77. The molecule has 1 N–H and O–H groups in total. The summed E-state index contributed by atoms with van der Waals surface area (Å²) in [4.78, 5) is 14.8. The fourth-order valence-corrected chi connectivity index (χ4v) is 4.10. The maximum atomic E-state index is 12.4. The molecule has 2 heterocycles. The average Bonchev–Trinajstić information content (AvgIpc) is 3.06. The summed E-state index contributed by atoms with van der Waals surface area (Å²) in [6, 6.07) is 17.7. The van der Waals surface area contributed by atoms with Crippen LogP contribution in [0.25, 0.3) is 5.69 Å². The van der Waals surface area contributed by atoms with Crippen molar-refractivity contribution >= 4 is 29.0 Å². The van der Waals surface area contributed by atoms with E-state index in [0.29, 0.717) is 5.16 Å². The number of nitrogens with zero attached hydrogens (tertiary/aromatic N) is 5. The Hall–Kier alpha value is -2.87. The molecule has 1 fully saturated rings. The Bertz CT molecular complexity index is 920. The molecule has 2 aromatic carbocycles. The van der Waals surface area contributed by atoms with Crippen LogP contribution in [-0.2, 0) is 4.79 Å². The Morgan fingerprint density at radius 2 is 1.66 bits per heavy atom. The minimum Gasteiger partial charge on any atom is -0.372 e. The molecule has 1 aliphatic heterocycles. The number of rotatable bonds is 6. The van der Waals surface area contributed by atoms with Gasteiger partial charge < -0.3 is 10.2 Å². The lowest BCUT2D eigenvalue weighted by molar-refractivity contribution is -0.113. The van der Waals surface area contributed by atoms with Crippen molar-refractivity contribution < 1.29 is 4.79 Å². The number of benzene rings is 2. The van der Waals surface area contributed by atoms with Crippen LogP contribution in [0.1, 0.15) is 25.7 Å². The lowest BCUT2D eigenvalue weighted by Crippen LogP contribution is -2.23. The van der Waals surface area contributed by atoms with E-state index in [-0.39, 0.29) is 11.7 Å². The van der Waals surface area contributed by atoms with Crippen LogP contribution in [0.3, 0.4) is 0 Å². The van der Waals surface area contributed by atoms with Crippen LogP contribution in [-0.4, -0.2) is 45.0 Å². The number of amides is 1. The van der Waals surface area contributed by atoms with Crippen molar-refractivity contribution in [2.45, 2.75) is 30.8 Å². The van der Waals surface area contributed by atoms with E-state index in [1.807, 2.05) is 42.5 Å². The highest BCUT2D eigenvalue weighted by Gasteiger charge is 2.13. The fourth-order valence-electron chi connectivity index (χ4n) is 3.41. The van der Waals surface area contributed by atoms with Crippen molar-refractivity contribution in [3.05, 3.63) is 54.6 Å². The average molecular weight is 409 g/mol. The molecule has 1 amide bonds. The van der Waals surface area contributed by atoms with Crippen LogP contribution < -0.4 is 10.2 Å². The Morgan fingerprint density at radius 1 is 0.931 bits per heavy atom. The van der Waals surface area contributed by atoms with Crippen LogP contribution in [0.4, 0.5) is 11.4 Å². The van der Waals surface area contributed by atoms with Crippen molar-refractivity contribution in [1.29, 1.82) is 0 Å². The van der Waals surface area contributed by atoms with Crippen molar-refractivity contribution in [2.24, 2.45) is 0 Å². The first-order valence-corrected chi connectivity index (χ1v) is 10.9. The number of para-hydroxylation sites is 1. The van der Waals surface area contributed by atoms with Gasteiger partial charge in [0.25, 0.3) is 0 Å². The smallest absolute Gasteiger partial charge is 0.234 e. The highest BCUT2D eigenvalue weighted by molar-refractivity contribution is 7.99. The number of hydrogen-bond acceptors (Lipinski definition) is 6. The maximum absolute atomic E-state index is 12.4. The molecule has 1 saturated heterocycles. The van der Waals surface area contributed by atoms with E-state index < -0.39 is 0 Å². The monoisotopic (exact) mass is 408 g/mol. The number of thioether (sulfide) groups is 1. The first-order valence-electron chi connectivity index (χ1n) is 9.91. The van der Waals surface area contributed by atoms with E-state index in [0.717, 1.165) is 24.5 Å². The molecular formula is C21H24N6OS. The second-order valence-electron chi connectivity index (χ2n) is 6.99. The van der Waals surface area contributed by atoms with Crippen molar-refractivity contribution in [3.63, 3.8) is 0 Å². The standard InChI is InChI=1S/C21H24N6OS/c28-20(16-29-21-23-24-25-27(21)19-8-4-3-5-9-19)22-17-10-12-18(13-11-17)26-14-6-1-2-7-15-26/h3-5,8-13H,1-2,6-7,14-16H2,(H,22,28). The number of nitrogens with one attached hydrogen (secondary N) is 1. The van der Waals surface area contributed by atoms with E-state index in [1.165, 1.54) is 43.1 Å². The quantitative estimate of drug-likeness (QED) is 0.626. The number of tetrazole rings is 1. The molecule has 1 aliphatic rings. The summed E-state index contributed by atoms with van der Waals surface area (Å²) >= 11 is 1.31. The van der Waals surface area contributed by atoms with Gasteiger partial charge in [0.05, 0.1) is 11.4 Å². The third-order valence-corrected chi connectivity index (χ3v) is 5.82. The maximum Gasteiger partial charge on any atom is 0.234 e. The summed E-state index contributed by atoms with van der Waals surface area (Å²) < 4.78 is 1.63. The van der Waals surface area contributed by atoms with Gasteiger partial charge in [-0.3, -0.25) is 4.79 Å². The summed E-state index contributed by atoms with van der Waals surface area (Å²) in [5.74, 6) is 0.154. The molecule has 7 nitrogen and oxygen atoms in total. The number of hydrogen-bond donors (Lipinski definition) is 1. The molecule has 3 aromatic rings. The Balaban J connectivity index is 1.32. The molecule has 8 heteroatoms. The highest BCUT2D eigenvalue weighted by Crippen LogP contribution is 2.22. The molecule has 0 radical (unpaired) electrons. The summed E-state index contributed by atoms with van der Waals surface area (Å²) in [5, 5.41) is 15.3. The Morgan fingerprint density at radius 3 is 2.38 bits per heavy atom. The molecule has 4 rings (SSSR count). The van der Waals surface area contributed by atoms with E-state index in [2.05, 4.69) is 37.9 Å². The van der Waals surface area contributed by atoms with Gasteiger partial charge in [-0.25, -0.2) is 0 Å². The number of anilines is 2. The largest absolute Gasteiger partial charge is 0.372 e. The third-order valence-electron chi connectivity index (χ3n) is 4.90. The van der Waals surface area contributed by atoms with Crippen molar-refractivity contribution in [3.8, 4) is 5.69 Å². The molecule has 0 atom stereocenters. The van der Waals surface area contributed by atoms with Gasteiger partial charge in [-0.2, -0.15) is 4.68 Å². The summed E-state index contributed by atoms with van der Waals surface area (Å²) in [6.45, 7) is 2.22. The molecule has 0 unspecified atom stereocenters. The van der Waals surface area contributed by atoms with Gasteiger partial charge >= 0.3 is 0 Å². The zero-order valence-corrected chi connectivity index (χ0v) is 17.0. The second kappa shape index (κ2) is 9.56. The minimum absolute atomic E-state index is 0.0832. The molecule has 0 spiro atoms. The number of carbonyl (C=O) groups excluding carboxylic acids is 1.